The molecule has 0 bridgehead atoms. The van der Waals surface area contributed by atoms with Crippen molar-refractivity contribution in [2.75, 3.05) is 13.7 Å². The normalized spacial score (nSPS) is 25.4. The van der Waals surface area contributed by atoms with Gasteiger partial charge in [-0.2, -0.15) is 0 Å². The number of ether oxygens (including phenoxy) is 1. The first-order valence-electron chi connectivity index (χ1n) is 6.38. The lowest BCUT2D eigenvalue weighted by Crippen LogP contribution is -2.47. The molecule has 5 N–H and O–H groups in total. The van der Waals surface area contributed by atoms with Gasteiger partial charge in [0, 0.05) is 25.7 Å². The summed E-state index contributed by atoms with van der Waals surface area (Å²) in [5.41, 5.74) is 11.0. The van der Waals surface area contributed by atoms with E-state index in [2.05, 4.69) is 5.32 Å². The first kappa shape index (κ1) is 14.9. The summed E-state index contributed by atoms with van der Waals surface area (Å²) in [4.78, 5) is 22.8. The zero-order chi connectivity index (χ0) is 13.5. The fraction of sp³-hybridized carbons (Fsp3) is 0.833. The molecule has 1 fully saturated rings. The van der Waals surface area contributed by atoms with E-state index < -0.39 is 6.04 Å². The van der Waals surface area contributed by atoms with Gasteiger partial charge in [-0.15, -0.1) is 0 Å². The first-order chi connectivity index (χ1) is 8.54. The Balaban J connectivity index is 2.27. The first-order valence-corrected chi connectivity index (χ1v) is 6.38. The molecule has 0 spiro atoms. The number of nitrogens with one attached hydrogen (secondary N) is 1. The van der Waals surface area contributed by atoms with Crippen LogP contribution < -0.4 is 16.8 Å². The quantitative estimate of drug-likeness (QED) is 0.596. The van der Waals surface area contributed by atoms with E-state index >= 15 is 0 Å². The lowest BCUT2D eigenvalue weighted by molar-refractivity contribution is -0.124. The maximum Gasteiger partial charge on any atom is 0.237 e. The van der Waals surface area contributed by atoms with Gasteiger partial charge in [0.2, 0.25) is 11.8 Å². The van der Waals surface area contributed by atoms with Gasteiger partial charge in [0.25, 0.3) is 0 Å². The average molecular weight is 257 g/mol. The van der Waals surface area contributed by atoms with Crippen molar-refractivity contribution in [3.8, 4) is 0 Å². The highest BCUT2D eigenvalue weighted by Gasteiger charge is 2.26. The number of hydrogen-bond acceptors (Lipinski definition) is 4. The van der Waals surface area contributed by atoms with E-state index in [1.807, 2.05) is 0 Å². The lowest BCUT2D eigenvalue weighted by atomic mass is 9.85. The molecule has 1 atom stereocenters. The van der Waals surface area contributed by atoms with E-state index in [0.717, 1.165) is 25.7 Å². The standard InChI is InChI=1S/C12H23N3O3/c1-18-7-6-10(13)12(17)15-9-4-2-8(3-5-9)11(14)16/h8-10H,2-7,13H2,1H3,(H2,14,16)(H,15,17). The summed E-state index contributed by atoms with van der Waals surface area (Å²) in [6.45, 7) is 0.475. The zero-order valence-corrected chi connectivity index (χ0v) is 10.9. The Morgan fingerprint density at radius 3 is 2.44 bits per heavy atom. The second-order valence-electron chi connectivity index (χ2n) is 4.85. The van der Waals surface area contributed by atoms with Crippen LogP contribution in [0.2, 0.25) is 0 Å². The van der Waals surface area contributed by atoms with Crippen molar-refractivity contribution in [1.82, 2.24) is 5.32 Å². The molecule has 0 aromatic carbocycles. The molecule has 18 heavy (non-hydrogen) atoms. The van der Waals surface area contributed by atoms with Crippen LogP contribution in [0.3, 0.4) is 0 Å². The minimum Gasteiger partial charge on any atom is -0.385 e. The SMILES string of the molecule is COCCC(N)C(=O)NC1CCC(C(N)=O)CC1. The van der Waals surface area contributed by atoms with Crippen LogP contribution in [0.25, 0.3) is 0 Å². The summed E-state index contributed by atoms with van der Waals surface area (Å²) in [5, 5.41) is 2.92. The maximum atomic E-state index is 11.7. The third-order valence-electron chi connectivity index (χ3n) is 3.45. The molecule has 0 aromatic heterocycles. The van der Waals surface area contributed by atoms with Gasteiger partial charge in [-0.25, -0.2) is 0 Å². The molecule has 1 rings (SSSR count). The van der Waals surface area contributed by atoms with Crippen LogP contribution in [0.5, 0.6) is 0 Å². The fourth-order valence-electron chi connectivity index (χ4n) is 2.21. The number of hydrogen-bond donors (Lipinski definition) is 3. The van der Waals surface area contributed by atoms with Crippen molar-refractivity contribution in [2.45, 2.75) is 44.2 Å². The fourth-order valence-corrected chi connectivity index (χ4v) is 2.21. The Hall–Kier alpha value is -1.14. The minimum atomic E-state index is -0.529. The molecule has 1 unspecified atom stereocenters. The number of primary amides is 1. The number of carbonyl (C=O) groups excluding carboxylic acids is 2. The predicted molar refractivity (Wildman–Crippen MR) is 67.6 cm³/mol. The molecular weight excluding hydrogens is 234 g/mol. The highest BCUT2D eigenvalue weighted by molar-refractivity contribution is 5.81. The summed E-state index contributed by atoms with van der Waals surface area (Å²) < 4.78 is 4.88. The molecule has 0 heterocycles. The maximum absolute atomic E-state index is 11.7. The van der Waals surface area contributed by atoms with E-state index in [9.17, 15) is 9.59 Å². The lowest BCUT2D eigenvalue weighted by Gasteiger charge is -2.28. The monoisotopic (exact) mass is 257 g/mol. The predicted octanol–water partition coefficient (Wildman–Crippen LogP) is -0.489. The molecule has 0 saturated heterocycles. The molecule has 1 aliphatic carbocycles. The summed E-state index contributed by atoms with van der Waals surface area (Å²) in [5.74, 6) is -0.425. The molecule has 2 amide bonds. The van der Waals surface area contributed by atoms with Crippen LogP contribution in [0, 0.1) is 5.92 Å². The third kappa shape index (κ3) is 4.62. The van der Waals surface area contributed by atoms with Crippen LogP contribution in [0.15, 0.2) is 0 Å². The van der Waals surface area contributed by atoms with Crippen molar-refractivity contribution >= 4 is 11.8 Å². The van der Waals surface area contributed by atoms with Gasteiger partial charge in [0.05, 0.1) is 6.04 Å². The highest BCUT2D eigenvalue weighted by Crippen LogP contribution is 2.23. The van der Waals surface area contributed by atoms with Crippen molar-refractivity contribution in [1.29, 1.82) is 0 Å². The number of carbonyl (C=O) groups is 2. The zero-order valence-electron chi connectivity index (χ0n) is 10.9. The van der Waals surface area contributed by atoms with Gasteiger partial charge < -0.3 is 21.5 Å². The van der Waals surface area contributed by atoms with E-state index in [0.29, 0.717) is 13.0 Å². The molecule has 0 radical (unpaired) electrons. The van der Waals surface area contributed by atoms with Crippen molar-refractivity contribution in [3.63, 3.8) is 0 Å². The van der Waals surface area contributed by atoms with Gasteiger partial charge in [0.1, 0.15) is 0 Å². The third-order valence-corrected chi connectivity index (χ3v) is 3.45. The Labute approximate surface area is 107 Å². The minimum absolute atomic E-state index is 0.0414. The van der Waals surface area contributed by atoms with E-state index in [4.69, 9.17) is 16.2 Å². The van der Waals surface area contributed by atoms with Gasteiger partial charge in [-0.1, -0.05) is 0 Å². The highest BCUT2D eigenvalue weighted by atomic mass is 16.5. The van der Waals surface area contributed by atoms with Gasteiger partial charge in [-0.3, -0.25) is 9.59 Å². The Morgan fingerprint density at radius 1 is 1.33 bits per heavy atom. The van der Waals surface area contributed by atoms with Gasteiger partial charge >= 0.3 is 0 Å². The molecule has 1 aliphatic rings. The number of nitrogens with two attached hydrogens (primary N) is 2. The van der Waals surface area contributed by atoms with Crippen LogP contribution in [-0.2, 0) is 14.3 Å². The summed E-state index contributed by atoms with van der Waals surface area (Å²) >= 11 is 0. The van der Waals surface area contributed by atoms with Crippen LogP contribution >= 0.6 is 0 Å². The van der Waals surface area contributed by atoms with Crippen LogP contribution in [-0.4, -0.2) is 37.6 Å². The Kier molecular flexibility index (Phi) is 6.07. The second kappa shape index (κ2) is 7.33. The topological polar surface area (TPSA) is 107 Å². The smallest absolute Gasteiger partial charge is 0.237 e. The van der Waals surface area contributed by atoms with E-state index in [-0.39, 0.29) is 23.8 Å². The number of methoxy groups -OCH3 is 1. The number of rotatable bonds is 6. The summed E-state index contributed by atoms with van der Waals surface area (Å²) in [6, 6.07) is -0.416. The summed E-state index contributed by atoms with van der Waals surface area (Å²) in [7, 11) is 1.58. The molecular formula is C12H23N3O3. The molecule has 1 saturated carbocycles. The van der Waals surface area contributed by atoms with Crippen LogP contribution in [0.4, 0.5) is 0 Å². The van der Waals surface area contributed by atoms with E-state index in [1.54, 1.807) is 7.11 Å². The van der Waals surface area contributed by atoms with Crippen LogP contribution in [0.1, 0.15) is 32.1 Å². The molecule has 6 nitrogen and oxygen atoms in total. The van der Waals surface area contributed by atoms with Crippen molar-refractivity contribution < 1.29 is 14.3 Å². The van der Waals surface area contributed by atoms with Gasteiger partial charge in [-0.05, 0) is 32.1 Å². The number of amides is 2. The average Bonchev–Trinajstić information content (AvgIpc) is 2.36. The van der Waals surface area contributed by atoms with Gasteiger partial charge in [0.15, 0.2) is 0 Å². The van der Waals surface area contributed by atoms with Crippen molar-refractivity contribution in [2.24, 2.45) is 17.4 Å². The molecule has 6 heteroatoms. The molecule has 104 valence electrons. The largest absolute Gasteiger partial charge is 0.385 e. The Bertz CT molecular complexity index is 288. The molecule has 0 aliphatic heterocycles. The summed E-state index contributed by atoms with van der Waals surface area (Å²) in [6.07, 6.45) is 3.58. The van der Waals surface area contributed by atoms with Crippen molar-refractivity contribution in [3.05, 3.63) is 0 Å². The second-order valence-corrected chi connectivity index (χ2v) is 4.85. The van der Waals surface area contributed by atoms with E-state index in [1.165, 1.54) is 0 Å². The Morgan fingerprint density at radius 2 is 1.94 bits per heavy atom. The molecule has 0 aromatic rings.